The van der Waals surface area contributed by atoms with Gasteiger partial charge in [0.1, 0.15) is 6.54 Å². The third kappa shape index (κ3) is 16.3. The van der Waals surface area contributed by atoms with Gasteiger partial charge in [0.15, 0.2) is 11.6 Å². The average molecular weight is 1450 g/mol. The van der Waals surface area contributed by atoms with Gasteiger partial charge in [0.25, 0.3) is 0 Å². The van der Waals surface area contributed by atoms with Gasteiger partial charge in [-0.15, -0.1) is 0 Å². The van der Waals surface area contributed by atoms with Crippen LogP contribution < -0.4 is 36.8 Å². The molecule has 10 aromatic carbocycles. The predicted octanol–water partition coefficient (Wildman–Crippen LogP) is 20.0. The molecule has 0 spiro atoms. The molecule has 0 N–H and O–H groups in total. The predicted molar refractivity (Wildman–Crippen MR) is 443 cm³/mol. The van der Waals surface area contributed by atoms with Crippen molar-refractivity contribution in [3.63, 3.8) is 0 Å². The summed E-state index contributed by atoms with van der Waals surface area (Å²) in [7, 11) is 2.11. The first-order valence-electron chi connectivity index (χ1n) is 37.2. The summed E-state index contributed by atoms with van der Waals surface area (Å²) in [6, 6.07) is 105. The Hall–Kier alpha value is -11.7. The number of benzene rings is 10. The van der Waals surface area contributed by atoms with Crippen LogP contribution in [0.25, 0.3) is 105 Å². The van der Waals surface area contributed by atoms with Crippen LogP contribution in [0, 0.1) is 0 Å². The van der Waals surface area contributed by atoms with E-state index in [1.165, 1.54) is 86.6 Å². The molecule has 106 heavy (non-hydrogen) atoms. The molecule has 0 bridgehead atoms. The van der Waals surface area contributed by atoms with Crippen LogP contribution >= 0.6 is 0 Å². The quantitative estimate of drug-likeness (QED) is 0.0840. The first kappa shape index (κ1) is 72.6. The standard InChI is InChI=1S/C25H20N2.C23H24N2.C18H12N2.C17H17NO.C13H16N.BrH/c1-27-17-21(23-16-15-18-9-5-7-13-22(18)26-23)25(19-10-3-2-4-11-19)20-12-6-8-14-24(20)27;1-3-4-15-25-17(2)20(16-19-10-6-8-12-23(19)25)22-14-13-18-9-5-7-11-21(18)24-22;1-4-8-17-13(5-1)9-10-18(20-17)15-11-14-6-2-3-7-16(14)19-12-15;1-2-3-12-18-15-10-6-4-8-13(15)17(19)14-9-5-7-11-16(14)18;1-2-3-10-14-11-6-8-12-7-4-5-9-13(12)14;/h2-17,25H,1H3;5-14,16-17H,3-4,15H2,1-2H3;1-12H;4-11H,2-3,12H2,1H3;4-9,11H,2-3,10H2,1H3;1H/q;;;;+1;/p-1. The summed E-state index contributed by atoms with van der Waals surface area (Å²) in [6.45, 7) is 12.1. The molecule has 0 aliphatic carbocycles. The number of unbranched alkanes of at least 4 members (excludes halogenated alkanes) is 3. The highest BCUT2D eigenvalue weighted by molar-refractivity contribution is 5.95. The average Bonchev–Trinajstić information content (AvgIpc) is 0.759. The maximum atomic E-state index is 12.5. The van der Waals surface area contributed by atoms with Crippen molar-refractivity contribution in [1.29, 1.82) is 0 Å². The van der Waals surface area contributed by atoms with Gasteiger partial charge >= 0.3 is 0 Å². The molecule has 2 aliphatic rings. The van der Waals surface area contributed by atoms with Crippen molar-refractivity contribution in [1.82, 2.24) is 24.5 Å². The maximum Gasteiger partial charge on any atom is 0.212 e. The zero-order valence-corrected chi connectivity index (χ0v) is 62.6. The van der Waals surface area contributed by atoms with Crippen molar-refractivity contribution in [2.24, 2.45) is 0 Å². The number of anilines is 2. The highest BCUT2D eigenvalue weighted by Gasteiger charge is 2.30. The number of aromatic nitrogens is 6. The van der Waals surface area contributed by atoms with Gasteiger partial charge in [-0.25, -0.2) is 15.0 Å². The number of aryl methyl sites for hydroxylation is 2. The van der Waals surface area contributed by atoms with Crippen molar-refractivity contribution >= 4 is 105 Å². The van der Waals surface area contributed by atoms with E-state index in [9.17, 15) is 4.79 Å². The molecule has 0 radical (unpaired) electrons. The largest absolute Gasteiger partial charge is 1.00 e. The first-order chi connectivity index (χ1) is 51.7. The van der Waals surface area contributed by atoms with Gasteiger partial charge in [-0.3, -0.25) is 9.78 Å². The van der Waals surface area contributed by atoms with Gasteiger partial charge in [-0.2, -0.15) is 4.57 Å². The topological polar surface area (TPSA) is 83.9 Å². The van der Waals surface area contributed by atoms with Crippen LogP contribution in [0.3, 0.4) is 0 Å². The Morgan fingerprint density at radius 1 is 0.434 bits per heavy atom. The second-order valence-corrected chi connectivity index (χ2v) is 27.0. The Balaban J connectivity index is 0.000000119. The number of hydrogen-bond acceptors (Lipinski definition) is 7. The Kier molecular flexibility index (Phi) is 23.8. The van der Waals surface area contributed by atoms with Gasteiger partial charge in [-0.05, 0) is 140 Å². The molecule has 18 rings (SSSR count). The molecular formula is C96H89BrN8O. The van der Waals surface area contributed by atoms with Crippen LogP contribution in [-0.2, 0) is 13.1 Å². The number of fused-ring (bicyclic) bond motifs is 9. The van der Waals surface area contributed by atoms with Gasteiger partial charge in [0, 0.05) is 123 Å². The van der Waals surface area contributed by atoms with E-state index >= 15 is 0 Å². The smallest absolute Gasteiger partial charge is 0.212 e. The van der Waals surface area contributed by atoms with Crippen molar-refractivity contribution in [3.05, 3.63) is 360 Å². The van der Waals surface area contributed by atoms with E-state index in [0.717, 1.165) is 110 Å². The van der Waals surface area contributed by atoms with Gasteiger partial charge in [0.05, 0.1) is 56.2 Å². The summed E-state index contributed by atoms with van der Waals surface area (Å²) in [5.41, 5.74) is 20.8. The van der Waals surface area contributed by atoms with Gasteiger partial charge < -0.3 is 31.3 Å². The summed E-state index contributed by atoms with van der Waals surface area (Å²) < 4.78 is 4.61. The van der Waals surface area contributed by atoms with Gasteiger partial charge in [0.2, 0.25) is 5.52 Å². The number of hydrogen-bond donors (Lipinski definition) is 0. The maximum absolute atomic E-state index is 12.5. The third-order valence-electron chi connectivity index (χ3n) is 20.1. The molecule has 9 nitrogen and oxygen atoms in total. The normalized spacial score (nSPS) is 13.5. The minimum atomic E-state index is 0. The van der Waals surface area contributed by atoms with E-state index in [0.29, 0.717) is 6.04 Å². The van der Waals surface area contributed by atoms with Crippen LogP contribution in [-0.4, -0.2) is 44.1 Å². The lowest BCUT2D eigenvalue weighted by atomic mass is 9.80. The second kappa shape index (κ2) is 34.7. The van der Waals surface area contributed by atoms with Gasteiger partial charge in [-0.1, -0.05) is 234 Å². The monoisotopic (exact) mass is 1450 g/mol. The number of rotatable bonds is 13. The number of para-hydroxylation sites is 9. The van der Waals surface area contributed by atoms with Crippen LogP contribution in [0.15, 0.2) is 327 Å². The number of pyridine rings is 6. The van der Waals surface area contributed by atoms with Crippen molar-refractivity contribution in [2.45, 2.75) is 91.3 Å². The lowest BCUT2D eigenvalue weighted by Gasteiger charge is -2.37. The fourth-order valence-electron chi connectivity index (χ4n) is 14.5. The molecule has 2 aliphatic heterocycles. The minimum Gasteiger partial charge on any atom is -1.00 e. The lowest BCUT2D eigenvalue weighted by molar-refractivity contribution is -0.671. The molecule has 8 heterocycles. The summed E-state index contributed by atoms with van der Waals surface area (Å²) in [4.78, 5) is 36.4. The molecule has 16 aromatic rings. The van der Waals surface area contributed by atoms with E-state index in [1.807, 2.05) is 103 Å². The molecule has 0 amide bonds. The number of nitrogens with zero attached hydrogens (tertiary/aromatic N) is 8. The minimum absolute atomic E-state index is 0. The Morgan fingerprint density at radius 2 is 0.925 bits per heavy atom. The summed E-state index contributed by atoms with van der Waals surface area (Å²) in [6.07, 6.45) is 15.8. The number of allylic oxidation sites excluding steroid dienone is 1. The third-order valence-corrected chi connectivity index (χ3v) is 20.1. The molecule has 0 saturated heterocycles. The molecule has 0 saturated carbocycles. The fraction of sp³-hybridized carbons (Fsp3) is 0.167. The van der Waals surface area contributed by atoms with Crippen LogP contribution in [0.4, 0.5) is 11.4 Å². The summed E-state index contributed by atoms with van der Waals surface area (Å²) in [5, 5.41) is 7.62. The van der Waals surface area contributed by atoms with Crippen LogP contribution in [0.5, 0.6) is 0 Å². The molecular weight excluding hydrogens is 1360 g/mol. The Labute approximate surface area is 633 Å². The van der Waals surface area contributed by atoms with E-state index < -0.39 is 0 Å². The Morgan fingerprint density at radius 3 is 1.57 bits per heavy atom. The highest BCUT2D eigenvalue weighted by Crippen LogP contribution is 2.45. The molecule has 10 heteroatoms. The summed E-state index contributed by atoms with van der Waals surface area (Å²) in [5.74, 6) is 0.173. The van der Waals surface area contributed by atoms with Crippen LogP contribution in [0.1, 0.15) is 100 Å². The highest BCUT2D eigenvalue weighted by atomic mass is 79.9. The molecule has 2 atom stereocenters. The Bertz CT molecular complexity index is 5690. The van der Waals surface area contributed by atoms with Crippen molar-refractivity contribution in [2.75, 3.05) is 23.4 Å². The molecule has 6 aromatic heterocycles. The lowest BCUT2D eigenvalue weighted by Crippen LogP contribution is -3.00. The first-order valence-corrected chi connectivity index (χ1v) is 37.2. The molecule has 526 valence electrons. The molecule has 2 unspecified atom stereocenters. The zero-order valence-electron chi connectivity index (χ0n) is 61.1. The molecule has 0 fully saturated rings. The van der Waals surface area contributed by atoms with Crippen molar-refractivity contribution in [3.8, 4) is 11.3 Å². The van der Waals surface area contributed by atoms with Crippen molar-refractivity contribution < 1.29 is 21.5 Å². The van der Waals surface area contributed by atoms with E-state index in [1.54, 1.807) is 0 Å². The summed E-state index contributed by atoms with van der Waals surface area (Å²) >= 11 is 0. The SMILES string of the molecule is CCCCN1c2ccccc2C=C(c2ccc3ccccc3n2)C1C.CCCC[n+]1cccc2ccccc21.CCCCn1c2ccccc2c(=O)c2ccccc21.CN1C=C(c2ccc3ccccc3n2)C(c2ccccc2)c2ccccc21.[Br-].c1ccc2ncc(-c3ccc4ccccc4n3)cc2c1. The number of halogens is 1. The second-order valence-electron chi connectivity index (χ2n) is 27.0. The van der Waals surface area contributed by atoms with E-state index in [-0.39, 0.29) is 28.3 Å². The fourth-order valence-corrected chi connectivity index (χ4v) is 14.5. The van der Waals surface area contributed by atoms with E-state index in [2.05, 4.69) is 283 Å². The van der Waals surface area contributed by atoms with E-state index in [4.69, 9.17) is 15.0 Å². The van der Waals surface area contributed by atoms with Crippen LogP contribution in [0.2, 0.25) is 0 Å². The zero-order chi connectivity index (χ0) is 71.9.